The van der Waals surface area contributed by atoms with E-state index in [0.717, 1.165) is 38.5 Å². The van der Waals surface area contributed by atoms with Crippen molar-refractivity contribution in [3.63, 3.8) is 0 Å². The van der Waals surface area contributed by atoms with Gasteiger partial charge in [0.2, 0.25) is 0 Å². The number of rotatable bonds is 13. The first-order chi connectivity index (χ1) is 27.2. The van der Waals surface area contributed by atoms with Crippen LogP contribution in [-0.4, -0.2) is 72.2 Å². The fraction of sp³-hybridized carbons (Fsp3) is 0.316. The molecule has 2 aliphatic rings. The Morgan fingerprint density at radius 2 is 1.21 bits per heavy atom. The number of ether oxygens (including phenoxy) is 1. The summed E-state index contributed by atoms with van der Waals surface area (Å²) in [6.07, 6.45) is 8.79. The number of amides is 1. The average molecular weight is 766 g/mol. The molecule has 0 unspecified atom stereocenters. The largest absolute Gasteiger partial charge is 0.461 e. The molecule has 2 fully saturated rings. The second-order valence-corrected chi connectivity index (χ2v) is 13.5. The van der Waals surface area contributed by atoms with Crippen LogP contribution in [0.5, 0.6) is 0 Å². The number of nitrogens with one attached hydrogen (secondary N) is 2. The van der Waals surface area contributed by atoms with Gasteiger partial charge >= 0.3 is 5.97 Å². The number of carbonyl (C=O) groups is 2. The third-order valence-electron chi connectivity index (χ3n) is 9.95. The number of esters is 1. The van der Waals surface area contributed by atoms with Crippen LogP contribution in [-0.2, 0) is 15.6 Å². The molecule has 8 rings (SSSR count). The lowest BCUT2D eigenvalue weighted by Crippen LogP contribution is -2.42. The van der Waals surface area contributed by atoms with Crippen molar-refractivity contribution >= 4 is 23.5 Å². The first kappa shape index (κ1) is 37.6. The highest BCUT2D eigenvalue weighted by Crippen LogP contribution is 2.44. The van der Waals surface area contributed by atoms with E-state index < -0.39 is 11.9 Å². The molecule has 2 aliphatic carbocycles. The molecule has 0 aliphatic heterocycles. The van der Waals surface area contributed by atoms with Crippen molar-refractivity contribution in [1.29, 1.82) is 0 Å². The van der Waals surface area contributed by atoms with Gasteiger partial charge in [-0.25, -0.2) is 13.6 Å². The Labute approximate surface area is 318 Å². The predicted octanol–water partition coefficient (Wildman–Crippen LogP) is 5.67. The van der Waals surface area contributed by atoms with E-state index in [2.05, 4.69) is 51.3 Å². The molecule has 0 bridgehead atoms. The van der Waals surface area contributed by atoms with E-state index >= 15 is 0 Å². The Morgan fingerprint density at radius 1 is 0.732 bits per heavy atom. The van der Waals surface area contributed by atoms with Crippen LogP contribution in [0.1, 0.15) is 77.8 Å². The van der Waals surface area contributed by atoms with Crippen molar-refractivity contribution in [2.45, 2.75) is 56.3 Å². The Bertz CT molecular complexity index is 2290. The molecule has 288 valence electrons. The van der Waals surface area contributed by atoms with E-state index in [0.29, 0.717) is 59.0 Å². The summed E-state index contributed by atoms with van der Waals surface area (Å²) in [7, 11) is 0. The van der Waals surface area contributed by atoms with Gasteiger partial charge in [0.25, 0.3) is 5.91 Å². The summed E-state index contributed by atoms with van der Waals surface area (Å²) in [5.41, 5.74) is 6.45. The van der Waals surface area contributed by atoms with Crippen LogP contribution in [0.3, 0.4) is 0 Å². The van der Waals surface area contributed by atoms with Crippen molar-refractivity contribution < 1.29 is 32.2 Å². The van der Waals surface area contributed by atoms with Crippen molar-refractivity contribution in [3.8, 4) is 22.9 Å². The second kappa shape index (κ2) is 16.3. The summed E-state index contributed by atoms with van der Waals surface area (Å²) < 4.78 is 43.4. The fourth-order valence-electron chi connectivity index (χ4n) is 6.60. The number of pyridine rings is 2. The van der Waals surface area contributed by atoms with E-state index in [1.807, 2.05) is 0 Å². The van der Waals surface area contributed by atoms with Crippen LogP contribution in [0.4, 0.5) is 20.4 Å². The van der Waals surface area contributed by atoms with Gasteiger partial charge in [-0.2, -0.15) is 0 Å². The molecule has 0 radical (unpaired) electrons. The molecule has 0 aromatic carbocycles. The molecule has 4 N–H and O–H groups in total. The summed E-state index contributed by atoms with van der Waals surface area (Å²) in [5.74, 6) is -0.0660. The quantitative estimate of drug-likeness (QED) is 0.120. The molecule has 0 spiro atoms. The Kier molecular flexibility index (Phi) is 11.0. The third kappa shape index (κ3) is 8.03. The standard InChI is InChI=1S/C20H20FN5O3.C18H17FN6O2/c1-2-28-19(27)15-11-16(29-26-15)14-6-7-17(25-24-14)23-12-20(8-4-9-20)18-13(21)5-3-10-22-18;19-11-3-1-8-21-16(11)18(6-2-7-18)10-22-15-5-4-12(23-24-15)14-9-13(17(20)26)25-27-14/h3,5-7,10-11H,2,4,8-9,12H2,1H3,(H,23,25);1,3-5,8-9H,2,6-7,10H2,(H2,20,26)(H,22,24). The van der Waals surface area contributed by atoms with Crippen molar-refractivity contribution in [3.05, 3.63) is 107 Å². The van der Waals surface area contributed by atoms with Gasteiger partial charge in [-0.05, 0) is 81.1 Å². The molecule has 56 heavy (non-hydrogen) atoms. The number of nitrogens with zero attached hydrogens (tertiary/aromatic N) is 8. The van der Waals surface area contributed by atoms with Crippen LogP contribution in [0.2, 0.25) is 0 Å². The van der Waals surface area contributed by atoms with Gasteiger partial charge in [0, 0.05) is 48.4 Å². The SMILES string of the molecule is CCOC(=O)c1cc(-c2ccc(NCC3(c4ncccc4F)CCC3)nn2)on1.NC(=O)c1cc(-c2ccc(NCC3(c4ncccc4F)CCC3)nn2)on1. The average Bonchev–Trinajstić information content (AvgIpc) is 3.88. The third-order valence-corrected chi connectivity index (χ3v) is 9.95. The molecule has 0 saturated heterocycles. The van der Waals surface area contributed by atoms with Gasteiger partial charge in [0.05, 0.1) is 18.0 Å². The number of hydrogen-bond donors (Lipinski definition) is 3. The maximum atomic E-state index is 14.2. The topological polar surface area (TPSA) is 223 Å². The van der Waals surface area contributed by atoms with E-state index in [4.69, 9.17) is 19.5 Å². The van der Waals surface area contributed by atoms with E-state index in [1.54, 1.807) is 55.7 Å². The molecule has 16 nitrogen and oxygen atoms in total. The Morgan fingerprint density at radius 3 is 1.59 bits per heavy atom. The number of halogens is 2. The number of carbonyl (C=O) groups excluding carboxylic acids is 2. The molecule has 6 aromatic heterocycles. The van der Waals surface area contributed by atoms with Crippen LogP contribution < -0.4 is 16.4 Å². The summed E-state index contributed by atoms with van der Waals surface area (Å²) in [6.45, 7) is 3.00. The summed E-state index contributed by atoms with van der Waals surface area (Å²) >= 11 is 0. The number of nitrogens with two attached hydrogens (primary N) is 1. The summed E-state index contributed by atoms with van der Waals surface area (Å²) in [6, 6.07) is 15.8. The maximum Gasteiger partial charge on any atom is 0.360 e. The van der Waals surface area contributed by atoms with Gasteiger partial charge in [0.1, 0.15) is 34.7 Å². The van der Waals surface area contributed by atoms with Gasteiger partial charge in [-0.3, -0.25) is 14.8 Å². The zero-order chi connectivity index (χ0) is 39.1. The van der Waals surface area contributed by atoms with Crippen LogP contribution in [0.15, 0.2) is 82.1 Å². The molecule has 6 aromatic rings. The minimum Gasteiger partial charge on any atom is -0.461 e. The monoisotopic (exact) mass is 765 g/mol. The number of aromatic nitrogens is 8. The fourth-order valence-corrected chi connectivity index (χ4v) is 6.60. The summed E-state index contributed by atoms with van der Waals surface area (Å²) in [5, 5.41) is 30.1. The van der Waals surface area contributed by atoms with E-state index in [1.165, 1.54) is 24.3 Å². The first-order valence-corrected chi connectivity index (χ1v) is 18.0. The van der Waals surface area contributed by atoms with Crippen molar-refractivity contribution in [2.75, 3.05) is 30.3 Å². The minimum atomic E-state index is -0.677. The molecular weight excluding hydrogens is 728 g/mol. The molecule has 6 heterocycles. The van der Waals surface area contributed by atoms with Gasteiger partial charge in [0.15, 0.2) is 22.9 Å². The number of anilines is 2. The smallest absolute Gasteiger partial charge is 0.360 e. The lowest BCUT2D eigenvalue weighted by Gasteiger charge is -2.41. The maximum absolute atomic E-state index is 14.2. The lowest BCUT2D eigenvalue weighted by molar-refractivity contribution is 0.0514. The highest BCUT2D eigenvalue weighted by molar-refractivity contribution is 5.91. The molecule has 1 amide bonds. The van der Waals surface area contributed by atoms with Crippen molar-refractivity contribution in [1.82, 2.24) is 40.7 Å². The Hall–Kier alpha value is -6.72. The number of hydrogen-bond acceptors (Lipinski definition) is 15. The highest BCUT2D eigenvalue weighted by atomic mass is 19.1. The normalized spacial score (nSPS) is 15.0. The van der Waals surface area contributed by atoms with E-state index in [9.17, 15) is 18.4 Å². The molecular formula is C38H37F2N11O5. The second-order valence-electron chi connectivity index (χ2n) is 13.5. The van der Waals surface area contributed by atoms with E-state index in [-0.39, 0.29) is 40.5 Å². The zero-order valence-corrected chi connectivity index (χ0v) is 30.2. The minimum absolute atomic E-state index is 0.0262. The van der Waals surface area contributed by atoms with Gasteiger partial charge in [-0.1, -0.05) is 23.2 Å². The number of primary amides is 1. The molecule has 18 heteroatoms. The van der Waals surface area contributed by atoms with Crippen molar-refractivity contribution in [2.24, 2.45) is 5.73 Å². The lowest BCUT2D eigenvalue weighted by atomic mass is 9.66. The molecule has 2 saturated carbocycles. The Balaban J connectivity index is 0.000000172. The summed E-state index contributed by atoms with van der Waals surface area (Å²) in [4.78, 5) is 31.3. The zero-order valence-electron chi connectivity index (χ0n) is 30.2. The van der Waals surface area contributed by atoms with Crippen LogP contribution >= 0.6 is 0 Å². The predicted molar refractivity (Wildman–Crippen MR) is 196 cm³/mol. The molecule has 0 atom stereocenters. The van der Waals surface area contributed by atoms with Crippen LogP contribution in [0.25, 0.3) is 22.9 Å². The van der Waals surface area contributed by atoms with Crippen LogP contribution in [0, 0.1) is 11.6 Å². The first-order valence-electron chi connectivity index (χ1n) is 18.0. The van der Waals surface area contributed by atoms with Gasteiger partial charge < -0.3 is 30.2 Å². The highest BCUT2D eigenvalue weighted by Gasteiger charge is 2.43. The van der Waals surface area contributed by atoms with Gasteiger partial charge in [-0.15, -0.1) is 20.4 Å².